The van der Waals surface area contributed by atoms with Crippen LogP contribution in [0.1, 0.15) is 10.4 Å². The smallest absolute Gasteiger partial charge is 0.341 e. The molecule has 2 aromatic rings. The number of nitrogens with one attached hydrogen (secondary N) is 1. The van der Waals surface area contributed by atoms with E-state index in [-0.39, 0.29) is 17.0 Å². The van der Waals surface area contributed by atoms with Crippen molar-refractivity contribution in [3.8, 4) is 5.75 Å². The van der Waals surface area contributed by atoms with Crippen LogP contribution in [0.4, 0.5) is 14.5 Å². The maximum atomic E-state index is 13.7. The maximum Gasteiger partial charge on any atom is 0.341 e. The van der Waals surface area contributed by atoms with Gasteiger partial charge in [0.2, 0.25) is 0 Å². The van der Waals surface area contributed by atoms with Crippen molar-refractivity contribution in [3.63, 3.8) is 0 Å². The van der Waals surface area contributed by atoms with Gasteiger partial charge < -0.3 is 14.8 Å². The summed E-state index contributed by atoms with van der Waals surface area (Å²) in [6.07, 6.45) is 0. The number of benzene rings is 2. The highest BCUT2D eigenvalue weighted by Gasteiger charge is 2.16. The Labute approximate surface area is 144 Å². The predicted molar refractivity (Wildman–Crippen MR) is 86.0 cm³/mol. The van der Waals surface area contributed by atoms with Crippen LogP contribution in [0.3, 0.4) is 0 Å². The third kappa shape index (κ3) is 4.51. The van der Waals surface area contributed by atoms with Crippen molar-refractivity contribution >= 4 is 33.5 Å². The van der Waals surface area contributed by atoms with Gasteiger partial charge in [-0.3, -0.25) is 4.79 Å². The Hall–Kier alpha value is -2.48. The van der Waals surface area contributed by atoms with Gasteiger partial charge in [0.25, 0.3) is 5.91 Å². The second kappa shape index (κ2) is 7.87. The van der Waals surface area contributed by atoms with Gasteiger partial charge in [0.05, 0.1) is 18.4 Å². The number of anilines is 1. The van der Waals surface area contributed by atoms with Gasteiger partial charge in [-0.2, -0.15) is 0 Å². The van der Waals surface area contributed by atoms with Crippen LogP contribution in [0.15, 0.2) is 40.9 Å². The van der Waals surface area contributed by atoms with E-state index in [0.29, 0.717) is 4.47 Å². The molecule has 0 aliphatic carbocycles. The minimum Gasteiger partial charge on any atom is -0.497 e. The zero-order chi connectivity index (χ0) is 17.7. The SMILES string of the molecule is COc1ccc(C(=O)OCC(=O)Nc2ccc(Br)cc2F)c(F)c1. The molecule has 0 aliphatic rings. The number of halogens is 3. The molecule has 0 spiro atoms. The summed E-state index contributed by atoms with van der Waals surface area (Å²) in [5, 5.41) is 2.25. The van der Waals surface area contributed by atoms with Gasteiger partial charge in [0, 0.05) is 10.5 Å². The summed E-state index contributed by atoms with van der Waals surface area (Å²) >= 11 is 3.09. The second-order valence-corrected chi connectivity index (χ2v) is 5.51. The second-order valence-electron chi connectivity index (χ2n) is 4.59. The molecular formula is C16H12BrF2NO4. The van der Waals surface area contributed by atoms with E-state index in [1.807, 2.05) is 0 Å². The van der Waals surface area contributed by atoms with E-state index in [4.69, 9.17) is 9.47 Å². The number of carbonyl (C=O) groups is 2. The minimum atomic E-state index is -1.01. The molecule has 2 rings (SSSR count). The first-order valence-electron chi connectivity index (χ1n) is 6.66. The summed E-state index contributed by atoms with van der Waals surface area (Å²) in [6, 6.07) is 7.65. The zero-order valence-corrected chi connectivity index (χ0v) is 14.0. The van der Waals surface area contributed by atoms with Crippen LogP contribution < -0.4 is 10.1 Å². The van der Waals surface area contributed by atoms with Crippen LogP contribution in [0.25, 0.3) is 0 Å². The Morgan fingerprint density at radius 2 is 1.88 bits per heavy atom. The Bertz CT molecular complexity index is 783. The Morgan fingerprint density at radius 1 is 1.12 bits per heavy atom. The van der Waals surface area contributed by atoms with Crippen molar-refractivity contribution in [2.45, 2.75) is 0 Å². The van der Waals surface area contributed by atoms with Crippen molar-refractivity contribution in [1.82, 2.24) is 0 Å². The molecule has 0 fully saturated rings. The molecule has 0 unspecified atom stereocenters. The number of hydrogen-bond acceptors (Lipinski definition) is 4. The Balaban J connectivity index is 1.95. The first kappa shape index (κ1) is 17.9. The van der Waals surface area contributed by atoms with E-state index in [9.17, 15) is 18.4 Å². The van der Waals surface area contributed by atoms with Gasteiger partial charge in [-0.1, -0.05) is 15.9 Å². The molecule has 1 amide bonds. The molecule has 24 heavy (non-hydrogen) atoms. The van der Waals surface area contributed by atoms with E-state index in [0.717, 1.165) is 6.07 Å². The molecule has 1 N–H and O–H groups in total. The highest BCUT2D eigenvalue weighted by molar-refractivity contribution is 9.10. The van der Waals surface area contributed by atoms with E-state index in [2.05, 4.69) is 21.2 Å². The fourth-order valence-corrected chi connectivity index (χ4v) is 2.11. The molecule has 0 atom stereocenters. The van der Waals surface area contributed by atoms with Gasteiger partial charge in [0.1, 0.15) is 17.4 Å². The number of ether oxygens (including phenoxy) is 2. The highest BCUT2D eigenvalue weighted by Crippen LogP contribution is 2.19. The number of carbonyl (C=O) groups excluding carboxylic acids is 2. The average molecular weight is 400 g/mol. The van der Waals surface area contributed by atoms with Gasteiger partial charge in [-0.15, -0.1) is 0 Å². The quantitative estimate of drug-likeness (QED) is 0.781. The van der Waals surface area contributed by atoms with E-state index in [1.165, 1.54) is 37.4 Å². The predicted octanol–water partition coefficient (Wildman–Crippen LogP) is 3.53. The first-order chi connectivity index (χ1) is 11.4. The third-order valence-corrected chi connectivity index (χ3v) is 3.43. The van der Waals surface area contributed by atoms with Crippen LogP contribution in [0.5, 0.6) is 5.75 Å². The van der Waals surface area contributed by atoms with Crippen molar-refractivity contribution in [1.29, 1.82) is 0 Å². The molecular weight excluding hydrogens is 388 g/mol. The lowest BCUT2D eigenvalue weighted by Gasteiger charge is -2.08. The largest absolute Gasteiger partial charge is 0.497 e. The fourth-order valence-electron chi connectivity index (χ4n) is 1.77. The monoisotopic (exact) mass is 399 g/mol. The number of rotatable bonds is 5. The summed E-state index contributed by atoms with van der Waals surface area (Å²) in [5.74, 6) is -3.00. The lowest BCUT2D eigenvalue weighted by molar-refractivity contribution is -0.119. The molecule has 8 heteroatoms. The van der Waals surface area contributed by atoms with Crippen molar-refractivity contribution in [2.24, 2.45) is 0 Å². The molecule has 0 saturated carbocycles. The topological polar surface area (TPSA) is 64.6 Å². The van der Waals surface area contributed by atoms with E-state index < -0.39 is 30.1 Å². The van der Waals surface area contributed by atoms with E-state index in [1.54, 1.807) is 0 Å². The maximum absolute atomic E-state index is 13.7. The van der Waals surface area contributed by atoms with Crippen molar-refractivity contribution < 1.29 is 27.8 Å². The van der Waals surface area contributed by atoms with Crippen molar-refractivity contribution in [3.05, 3.63) is 58.1 Å². The Morgan fingerprint density at radius 3 is 2.50 bits per heavy atom. The van der Waals surface area contributed by atoms with E-state index >= 15 is 0 Å². The molecule has 0 heterocycles. The lowest BCUT2D eigenvalue weighted by atomic mass is 10.2. The molecule has 0 saturated heterocycles. The minimum absolute atomic E-state index is 0.0603. The van der Waals surface area contributed by atoms with Gasteiger partial charge in [-0.05, 0) is 30.3 Å². The Kier molecular flexibility index (Phi) is 5.86. The van der Waals surface area contributed by atoms with Crippen LogP contribution in [-0.2, 0) is 9.53 Å². The average Bonchev–Trinajstić information content (AvgIpc) is 2.55. The number of methoxy groups -OCH3 is 1. The molecule has 0 bridgehead atoms. The van der Waals surface area contributed by atoms with Gasteiger partial charge in [0.15, 0.2) is 6.61 Å². The molecule has 126 valence electrons. The number of amides is 1. The summed E-state index contributed by atoms with van der Waals surface area (Å²) in [4.78, 5) is 23.5. The lowest BCUT2D eigenvalue weighted by Crippen LogP contribution is -2.21. The zero-order valence-electron chi connectivity index (χ0n) is 12.4. The summed E-state index contributed by atoms with van der Waals surface area (Å²) in [7, 11) is 1.36. The summed E-state index contributed by atoms with van der Waals surface area (Å²) in [5.41, 5.74) is -0.395. The standard InChI is InChI=1S/C16H12BrF2NO4/c1-23-10-3-4-11(12(18)7-10)16(22)24-8-15(21)20-14-5-2-9(17)6-13(14)19/h2-7H,8H2,1H3,(H,20,21). The number of esters is 1. The molecule has 0 radical (unpaired) electrons. The van der Waals surface area contributed by atoms with Crippen LogP contribution in [0, 0.1) is 11.6 Å². The number of hydrogen-bond donors (Lipinski definition) is 1. The normalized spacial score (nSPS) is 10.2. The van der Waals surface area contributed by atoms with Gasteiger partial charge in [-0.25, -0.2) is 13.6 Å². The van der Waals surface area contributed by atoms with Crippen molar-refractivity contribution in [2.75, 3.05) is 19.0 Å². The fraction of sp³-hybridized carbons (Fsp3) is 0.125. The highest BCUT2D eigenvalue weighted by atomic mass is 79.9. The van der Waals surface area contributed by atoms with Crippen LogP contribution in [0.2, 0.25) is 0 Å². The molecule has 0 aromatic heterocycles. The van der Waals surface area contributed by atoms with Gasteiger partial charge >= 0.3 is 5.97 Å². The first-order valence-corrected chi connectivity index (χ1v) is 7.45. The molecule has 0 aliphatic heterocycles. The molecule has 2 aromatic carbocycles. The third-order valence-electron chi connectivity index (χ3n) is 2.94. The van der Waals surface area contributed by atoms with Crippen LogP contribution in [-0.4, -0.2) is 25.6 Å². The summed E-state index contributed by atoms with van der Waals surface area (Å²) < 4.78 is 37.3. The molecule has 5 nitrogen and oxygen atoms in total. The van der Waals surface area contributed by atoms with Crippen LogP contribution >= 0.6 is 15.9 Å². The summed E-state index contributed by atoms with van der Waals surface area (Å²) in [6.45, 7) is -0.681.